The number of amides is 1. The minimum absolute atomic E-state index is 0.0687. The maximum atomic E-state index is 11.4. The van der Waals surface area contributed by atoms with Crippen LogP contribution < -0.4 is 11.1 Å². The Hall–Kier alpha value is -2.18. The van der Waals surface area contributed by atoms with Gasteiger partial charge < -0.3 is 11.1 Å². The first-order valence-electron chi connectivity index (χ1n) is 6.40. The maximum Gasteiger partial charge on any atom is 0.222 e. The van der Waals surface area contributed by atoms with Gasteiger partial charge in [-0.3, -0.25) is 4.79 Å². The molecule has 1 aliphatic rings. The number of fused-ring (bicyclic) bond motifs is 1. The molecule has 0 saturated heterocycles. The van der Waals surface area contributed by atoms with Gasteiger partial charge in [0, 0.05) is 6.04 Å². The molecule has 0 bridgehead atoms. The molecule has 2 unspecified atom stereocenters. The molecule has 2 aromatic heterocycles. The second kappa shape index (κ2) is 4.49. The molecule has 1 saturated carbocycles. The molecule has 2 aromatic rings. The molecule has 2 heterocycles. The van der Waals surface area contributed by atoms with Gasteiger partial charge in [0.15, 0.2) is 11.5 Å². The van der Waals surface area contributed by atoms with Gasteiger partial charge in [-0.05, 0) is 31.9 Å². The van der Waals surface area contributed by atoms with Gasteiger partial charge in [0.2, 0.25) is 5.91 Å². The van der Waals surface area contributed by atoms with Gasteiger partial charge in [0.1, 0.15) is 5.82 Å². The number of hydrogen-bond donors (Lipinski definition) is 2. The number of aryl methyl sites for hydroxylation is 1. The standard InChI is InChI=1S/C12H16N6O/c1-7-15-16-11-6-5-10(17-18(7)11)14-9-4-2-3-8(9)12(13)19/h5-6,8-9H,2-4H2,1H3,(H2,13,19)(H,14,17). The highest BCUT2D eigenvalue weighted by Crippen LogP contribution is 2.27. The number of anilines is 1. The Bertz CT molecular complexity index is 622. The summed E-state index contributed by atoms with van der Waals surface area (Å²) >= 11 is 0. The monoisotopic (exact) mass is 260 g/mol. The highest BCUT2D eigenvalue weighted by molar-refractivity contribution is 5.78. The zero-order valence-electron chi connectivity index (χ0n) is 10.7. The topological polar surface area (TPSA) is 98.2 Å². The van der Waals surface area contributed by atoms with Crippen molar-refractivity contribution < 1.29 is 4.79 Å². The maximum absolute atomic E-state index is 11.4. The van der Waals surface area contributed by atoms with E-state index in [0.717, 1.165) is 25.1 Å². The molecule has 7 heteroatoms. The van der Waals surface area contributed by atoms with Crippen molar-refractivity contribution in [1.82, 2.24) is 19.8 Å². The van der Waals surface area contributed by atoms with Crippen LogP contribution in [0, 0.1) is 12.8 Å². The van der Waals surface area contributed by atoms with Crippen molar-refractivity contribution in [3.05, 3.63) is 18.0 Å². The predicted molar refractivity (Wildman–Crippen MR) is 69.5 cm³/mol. The lowest BCUT2D eigenvalue weighted by Crippen LogP contribution is -2.34. The summed E-state index contributed by atoms with van der Waals surface area (Å²) in [6.07, 6.45) is 2.80. The van der Waals surface area contributed by atoms with E-state index in [1.54, 1.807) is 4.52 Å². The van der Waals surface area contributed by atoms with E-state index in [9.17, 15) is 4.79 Å². The van der Waals surface area contributed by atoms with Crippen molar-refractivity contribution in [1.29, 1.82) is 0 Å². The summed E-state index contributed by atoms with van der Waals surface area (Å²) in [7, 11) is 0. The molecule has 2 atom stereocenters. The van der Waals surface area contributed by atoms with E-state index in [1.807, 2.05) is 19.1 Å². The van der Waals surface area contributed by atoms with E-state index in [2.05, 4.69) is 20.6 Å². The second-order valence-corrected chi connectivity index (χ2v) is 4.93. The number of nitrogens with two attached hydrogens (primary N) is 1. The van der Waals surface area contributed by atoms with Crippen LogP contribution in [0.2, 0.25) is 0 Å². The fourth-order valence-electron chi connectivity index (χ4n) is 2.64. The number of carbonyl (C=O) groups excluding carboxylic acids is 1. The highest BCUT2D eigenvalue weighted by Gasteiger charge is 2.31. The predicted octanol–water partition coefficient (Wildman–Crippen LogP) is 0.499. The van der Waals surface area contributed by atoms with E-state index < -0.39 is 0 Å². The van der Waals surface area contributed by atoms with Gasteiger partial charge >= 0.3 is 0 Å². The van der Waals surface area contributed by atoms with E-state index >= 15 is 0 Å². The first-order chi connectivity index (χ1) is 9.15. The van der Waals surface area contributed by atoms with Gasteiger partial charge in [-0.25, -0.2) is 0 Å². The van der Waals surface area contributed by atoms with Crippen LogP contribution in [0.5, 0.6) is 0 Å². The second-order valence-electron chi connectivity index (χ2n) is 4.93. The van der Waals surface area contributed by atoms with Crippen LogP contribution in [0.4, 0.5) is 5.82 Å². The Kier molecular flexibility index (Phi) is 2.81. The molecule has 3 rings (SSSR count). The molecule has 1 aliphatic carbocycles. The van der Waals surface area contributed by atoms with Crippen LogP contribution in [0.3, 0.4) is 0 Å². The zero-order valence-corrected chi connectivity index (χ0v) is 10.7. The summed E-state index contributed by atoms with van der Waals surface area (Å²) in [5, 5.41) is 15.7. The molecule has 100 valence electrons. The number of aromatic nitrogens is 4. The smallest absolute Gasteiger partial charge is 0.222 e. The Balaban J connectivity index is 1.84. The molecular weight excluding hydrogens is 244 g/mol. The molecule has 0 radical (unpaired) electrons. The van der Waals surface area contributed by atoms with Crippen LogP contribution in [0.25, 0.3) is 5.65 Å². The average Bonchev–Trinajstić information content (AvgIpc) is 2.98. The van der Waals surface area contributed by atoms with Gasteiger partial charge in [0.25, 0.3) is 0 Å². The molecule has 0 aliphatic heterocycles. The van der Waals surface area contributed by atoms with Crippen molar-refractivity contribution in [2.75, 3.05) is 5.32 Å². The van der Waals surface area contributed by atoms with Gasteiger partial charge in [-0.1, -0.05) is 6.42 Å². The third-order valence-electron chi connectivity index (χ3n) is 3.63. The van der Waals surface area contributed by atoms with Gasteiger partial charge in [-0.2, -0.15) is 4.52 Å². The molecular formula is C12H16N6O. The van der Waals surface area contributed by atoms with Crippen molar-refractivity contribution in [2.45, 2.75) is 32.2 Å². The number of primary amides is 1. The summed E-state index contributed by atoms with van der Waals surface area (Å²) in [5.41, 5.74) is 6.12. The molecule has 3 N–H and O–H groups in total. The largest absolute Gasteiger partial charge is 0.369 e. The highest BCUT2D eigenvalue weighted by atomic mass is 16.1. The summed E-state index contributed by atoms with van der Waals surface area (Å²) in [5.74, 6) is 1.10. The van der Waals surface area contributed by atoms with Crippen LogP contribution >= 0.6 is 0 Å². The fraction of sp³-hybridized carbons (Fsp3) is 0.500. The summed E-state index contributed by atoms with van der Waals surface area (Å²) in [6, 6.07) is 3.77. The van der Waals surface area contributed by atoms with Crippen molar-refractivity contribution in [2.24, 2.45) is 11.7 Å². The number of nitrogens with zero attached hydrogens (tertiary/aromatic N) is 4. The molecule has 0 aromatic carbocycles. The lowest BCUT2D eigenvalue weighted by molar-refractivity contribution is -0.121. The number of hydrogen-bond acceptors (Lipinski definition) is 5. The van der Waals surface area contributed by atoms with Crippen molar-refractivity contribution in [3.63, 3.8) is 0 Å². The number of rotatable bonds is 3. The fourth-order valence-corrected chi connectivity index (χ4v) is 2.64. The van der Waals surface area contributed by atoms with Crippen LogP contribution in [0.15, 0.2) is 12.1 Å². The average molecular weight is 260 g/mol. The third-order valence-corrected chi connectivity index (χ3v) is 3.63. The minimum atomic E-state index is -0.239. The summed E-state index contributed by atoms with van der Waals surface area (Å²) < 4.78 is 1.68. The third kappa shape index (κ3) is 2.11. The van der Waals surface area contributed by atoms with Gasteiger partial charge in [0.05, 0.1) is 5.92 Å². The number of carbonyl (C=O) groups is 1. The van der Waals surface area contributed by atoms with E-state index in [1.165, 1.54) is 0 Å². The Morgan fingerprint density at radius 2 is 2.26 bits per heavy atom. The summed E-state index contributed by atoms with van der Waals surface area (Å²) in [6.45, 7) is 1.85. The molecule has 7 nitrogen and oxygen atoms in total. The molecule has 19 heavy (non-hydrogen) atoms. The first-order valence-corrected chi connectivity index (χ1v) is 6.40. The van der Waals surface area contributed by atoms with E-state index in [0.29, 0.717) is 11.5 Å². The van der Waals surface area contributed by atoms with E-state index in [-0.39, 0.29) is 17.9 Å². The molecule has 1 amide bonds. The Labute approximate surface area is 110 Å². The lowest BCUT2D eigenvalue weighted by Gasteiger charge is -2.18. The SMILES string of the molecule is Cc1nnc2ccc(NC3CCCC3C(N)=O)nn12. The van der Waals surface area contributed by atoms with E-state index in [4.69, 9.17) is 5.73 Å². The van der Waals surface area contributed by atoms with Crippen LogP contribution in [-0.2, 0) is 4.79 Å². The van der Waals surface area contributed by atoms with Gasteiger partial charge in [-0.15, -0.1) is 15.3 Å². The van der Waals surface area contributed by atoms with Crippen LogP contribution in [-0.4, -0.2) is 31.8 Å². The van der Waals surface area contributed by atoms with Crippen LogP contribution in [0.1, 0.15) is 25.1 Å². The first kappa shape index (κ1) is 11.9. The van der Waals surface area contributed by atoms with Crippen molar-refractivity contribution in [3.8, 4) is 0 Å². The molecule has 1 fully saturated rings. The Morgan fingerprint density at radius 1 is 1.42 bits per heavy atom. The Morgan fingerprint density at radius 3 is 3.05 bits per heavy atom. The van der Waals surface area contributed by atoms with Crippen molar-refractivity contribution >= 4 is 17.4 Å². The lowest BCUT2D eigenvalue weighted by atomic mass is 10.0. The quantitative estimate of drug-likeness (QED) is 0.837. The normalized spacial score (nSPS) is 22.8. The zero-order chi connectivity index (χ0) is 13.4. The number of nitrogens with one attached hydrogen (secondary N) is 1. The minimum Gasteiger partial charge on any atom is -0.369 e. The molecule has 0 spiro atoms. The summed E-state index contributed by atoms with van der Waals surface area (Å²) in [4.78, 5) is 11.4.